The Balaban J connectivity index is 5.03. The van der Waals surface area contributed by atoms with Crippen LogP contribution in [0, 0.1) is 10.8 Å². The number of carbonyl (C=O) groups excluding carboxylic acids is 1. The molecular formula is C12H22O. The van der Waals surface area contributed by atoms with E-state index < -0.39 is 0 Å². The molecule has 0 aliphatic carbocycles. The van der Waals surface area contributed by atoms with Gasteiger partial charge in [0.15, 0.2) is 0 Å². The molecule has 0 aliphatic heterocycles. The quantitative estimate of drug-likeness (QED) is 0.609. The van der Waals surface area contributed by atoms with Gasteiger partial charge < -0.3 is 0 Å². The van der Waals surface area contributed by atoms with Crippen molar-refractivity contribution in [1.29, 1.82) is 0 Å². The molecule has 0 N–H and O–H groups in total. The normalized spacial score (nSPS) is 12.5. The minimum atomic E-state index is -0.287. The summed E-state index contributed by atoms with van der Waals surface area (Å²) >= 11 is 0. The fraction of sp³-hybridized carbons (Fsp3) is 0.750. The van der Waals surface area contributed by atoms with Crippen LogP contribution in [0.15, 0.2) is 11.6 Å². The van der Waals surface area contributed by atoms with Gasteiger partial charge >= 0.3 is 0 Å². The largest absolute Gasteiger partial charge is 0.299 e. The molecule has 0 aromatic heterocycles. The second-order valence-corrected chi connectivity index (χ2v) is 5.12. The van der Waals surface area contributed by atoms with Crippen molar-refractivity contribution in [2.75, 3.05) is 0 Å². The van der Waals surface area contributed by atoms with E-state index in [-0.39, 0.29) is 16.6 Å². The fourth-order valence-electron chi connectivity index (χ4n) is 1.36. The summed E-state index contributed by atoms with van der Waals surface area (Å²) in [7, 11) is 0. The van der Waals surface area contributed by atoms with Crippen LogP contribution in [0.5, 0.6) is 0 Å². The van der Waals surface area contributed by atoms with Gasteiger partial charge in [-0.25, -0.2) is 0 Å². The second kappa shape index (κ2) is 3.65. The third-order valence-electron chi connectivity index (χ3n) is 3.14. The molecule has 0 spiro atoms. The van der Waals surface area contributed by atoms with Crippen LogP contribution in [0.25, 0.3) is 0 Å². The molecule has 0 radical (unpaired) electrons. The molecule has 1 nitrogen and oxygen atoms in total. The highest BCUT2D eigenvalue weighted by atomic mass is 16.1. The van der Waals surface area contributed by atoms with Gasteiger partial charge in [-0.15, -0.1) is 0 Å². The zero-order chi connectivity index (χ0) is 10.9. The van der Waals surface area contributed by atoms with Crippen molar-refractivity contribution in [2.45, 2.75) is 48.5 Å². The van der Waals surface area contributed by atoms with E-state index in [1.165, 1.54) is 5.57 Å². The lowest BCUT2D eigenvalue weighted by molar-refractivity contribution is -0.129. The standard InChI is InChI=1S/C12H22O/c1-9(2)8-11(4,5)12(6,7)10(3)13/h8H,1-7H3. The van der Waals surface area contributed by atoms with Gasteiger partial charge in [0.1, 0.15) is 5.78 Å². The monoisotopic (exact) mass is 182 g/mol. The third-order valence-corrected chi connectivity index (χ3v) is 3.14. The van der Waals surface area contributed by atoms with E-state index in [1.807, 2.05) is 13.8 Å². The maximum Gasteiger partial charge on any atom is 0.136 e. The Morgan fingerprint density at radius 2 is 1.38 bits per heavy atom. The predicted octanol–water partition coefficient (Wildman–Crippen LogP) is 3.59. The highest BCUT2D eigenvalue weighted by molar-refractivity contribution is 5.82. The Labute approximate surface area is 82.2 Å². The summed E-state index contributed by atoms with van der Waals surface area (Å²) in [6, 6.07) is 0. The van der Waals surface area contributed by atoms with Crippen molar-refractivity contribution in [3.63, 3.8) is 0 Å². The van der Waals surface area contributed by atoms with Crippen LogP contribution in [-0.2, 0) is 4.79 Å². The molecule has 0 heterocycles. The molecule has 0 rings (SSSR count). The van der Waals surface area contributed by atoms with E-state index in [4.69, 9.17) is 0 Å². The molecule has 0 unspecified atom stereocenters. The molecule has 0 amide bonds. The second-order valence-electron chi connectivity index (χ2n) is 5.12. The maximum atomic E-state index is 11.5. The van der Waals surface area contributed by atoms with Crippen LogP contribution in [0.1, 0.15) is 48.5 Å². The molecule has 0 atom stereocenters. The number of ketones is 1. The number of hydrogen-bond donors (Lipinski definition) is 0. The average molecular weight is 182 g/mol. The highest BCUT2D eigenvalue weighted by Gasteiger charge is 2.38. The Hall–Kier alpha value is -0.590. The summed E-state index contributed by atoms with van der Waals surface area (Å²) in [4.78, 5) is 11.5. The van der Waals surface area contributed by atoms with Gasteiger partial charge in [-0.1, -0.05) is 39.3 Å². The summed E-state index contributed by atoms with van der Waals surface area (Å²) in [5.41, 5.74) is 0.904. The molecule has 0 bridgehead atoms. The van der Waals surface area contributed by atoms with Crippen molar-refractivity contribution >= 4 is 5.78 Å². The Morgan fingerprint density at radius 1 is 1.00 bits per heavy atom. The van der Waals surface area contributed by atoms with Gasteiger partial charge in [0.25, 0.3) is 0 Å². The zero-order valence-corrected chi connectivity index (χ0v) is 9.99. The smallest absolute Gasteiger partial charge is 0.136 e. The lowest BCUT2D eigenvalue weighted by atomic mass is 9.65. The minimum absolute atomic E-state index is 0.0718. The van der Waals surface area contributed by atoms with Gasteiger partial charge in [0.05, 0.1) is 0 Å². The van der Waals surface area contributed by atoms with E-state index in [9.17, 15) is 4.79 Å². The summed E-state index contributed by atoms with van der Waals surface area (Å²) in [5, 5.41) is 0. The Kier molecular flexibility index (Phi) is 3.48. The van der Waals surface area contributed by atoms with Crippen LogP contribution < -0.4 is 0 Å². The van der Waals surface area contributed by atoms with E-state index in [0.717, 1.165) is 0 Å². The van der Waals surface area contributed by atoms with Crippen LogP contribution >= 0.6 is 0 Å². The van der Waals surface area contributed by atoms with E-state index >= 15 is 0 Å². The molecule has 13 heavy (non-hydrogen) atoms. The van der Waals surface area contributed by atoms with Crippen molar-refractivity contribution < 1.29 is 4.79 Å². The topological polar surface area (TPSA) is 17.1 Å². The molecule has 1 heteroatoms. The van der Waals surface area contributed by atoms with Crippen LogP contribution in [-0.4, -0.2) is 5.78 Å². The molecule has 0 fully saturated rings. The molecule has 0 aromatic carbocycles. The van der Waals surface area contributed by atoms with Crippen molar-refractivity contribution in [3.05, 3.63) is 11.6 Å². The van der Waals surface area contributed by atoms with Gasteiger partial charge in [-0.3, -0.25) is 4.79 Å². The van der Waals surface area contributed by atoms with Gasteiger partial charge in [0, 0.05) is 5.41 Å². The molecule has 0 saturated carbocycles. The van der Waals surface area contributed by atoms with E-state index in [0.29, 0.717) is 0 Å². The predicted molar refractivity (Wildman–Crippen MR) is 57.7 cm³/mol. The first-order valence-electron chi connectivity index (χ1n) is 4.78. The fourth-order valence-corrected chi connectivity index (χ4v) is 1.36. The number of carbonyl (C=O) groups is 1. The van der Waals surface area contributed by atoms with Gasteiger partial charge in [-0.05, 0) is 26.2 Å². The number of hydrogen-bond acceptors (Lipinski definition) is 1. The van der Waals surface area contributed by atoms with Crippen molar-refractivity contribution in [3.8, 4) is 0 Å². The highest BCUT2D eigenvalue weighted by Crippen LogP contribution is 2.40. The lowest BCUT2D eigenvalue weighted by Crippen LogP contribution is -2.37. The summed E-state index contributed by atoms with van der Waals surface area (Å²) in [6.07, 6.45) is 2.17. The average Bonchev–Trinajstić information content (AvgIpc) is 1.83. The number of allylic oxidation sites excluding steroid dienone is 2. The number of rotatable bonds is 3. The first kappa shape index (κ1) is 12.4. The van der Waals surface area contributed by atoms with Crippen molar-refractivity contribution in [1.82, 2.24) is 0 Å². The molecular weight excluding hydrogens is 160 g/mol. The van der Waals surface area contributed by atoms with E-state index in [2.05, 4.69) is 33.8 Å². The van der Waals surface area contributed by atoms with Gasteiger partial charge in [0.2, 0.25) is 0 Å². The van der Waals surface area contributed by atoms with Crippen LogP contribution in [0.3, 0.4) is 0 Å². The van der Waals surface area contributed by atoms with E-state index in [1.54, 1.807) is 6.92 Å². The summed E-state index contributed by atoms with van der Waals surface area (Å²) in [6.45, 7) is 14.0. The molecule has 0 aliphatic rings. The first-order valence-corrected chi connectivity index (χ1v) is 4.78. The third kappa shape index (κ3) is 2.68. The molecule has 0 saturated heterocycles. The Bertz CT molecular complexity index is 228. The zero-order valence-electron chi connectivity index (χ0n) is 9.99. The Morgan fingerprint density at radius 3 is 1.62 bits per heavy atom. The molecule has 0 aromatic rings. The summed E-state index contributed by atoms with van der Waals surface area (Å²) < 4.78 is 0. The first-order chi connectivity index (χ1) is 5.61. The molecule has 76 valence electrons. The van der Waals surface area contributed by atoms with Crippen LogP contribution in [0.4, 0.5) is 0 Å². The SMILES string of the molecule is CC(=O)C(C)(C)C(C)(C)C=C(C)C. The number of Topliss-reactive ketones (excluding diaryl/α,β-unsaturated/α-hetero) is 1. The van der Waals surface area contributed by atoms with Gasteiger partial charge in [-0.2, -0.15) is 0 Å². The summed E-state index contributed by atoms with van der Waals surface area (Å²) in [5.74, 6) is 0.245. The van der Waals surface area contributed by atoms with Crippen LogP contribution in [0.2, 0.25) is 0 Å². The lowest BCUT2D eigenvalue weighted by Gasteiger charge is -2.37. The van der Waals surface area contributed by atoms with Crippen molar-refractivity contribution in [2.24, 2.45) is 10.8 Å². The maximum absolute atomic E-state index is 11.5. The minimum Gasteiger partial charge on any atom is -0.299 e.